The van der Waals surface area contributed by atoms with Gasteiger partial charge in [-0.05, 0) is 0 Å². The normalized spacial score (nSPS) is 12.1. The van der Waals surface area contributed by atoms with Gasteiger partial charge in [0.25, 0.3) is 0 Å². The summed E-state index contributed by atoms with van der Waals surface area (Å²) in [6.45, 7) is 4.00. The molecular formula is C26H26O2Sn. The predicted molar refractivity (Wildman–Crippen MR) is 124 cm³/mol. The molecule has 0 aliphatic carbocycles. The first-order valence-electron chi connectivity index (χ1n) is 9.88. The third-order valence-electron chi connectivity index (χ3n) is 4.98. The van der Waals surface area contributed by atoms with Crippen LogP contribution in [0, 0.1) is 0 Å². The van der Waals surface area contributed by atoms with E-state index in [0.29, 0.717) is 12.2 Å². The van der Waals surface area contributed by atoms with Crippen molar-refractivity contribution in [3.63, 3.8) is 0 Å². The Labute approximate surface area is 177 Å². The maximum atomic E-state index is 12.0. The van der Waals surface area contributed by atoms with Gasteiger partial charge in [0, 0.05) is 0 Å². The second-order valence-electron chi connectivity index (χ2n) is 6.84. The van der Waals surface area contributed by atoms with Crippen LogP contribution in [0.25, 0.3) is 0 Å². The van der Waals surface area contributed by atoms with Crippen LogP contribution in [0.2, 0.25) is 0 Å². The fourth-order valence-corrected chi connectivity index (χ4v) is 15.3. The minimum atomic E-state index is -3.42. The minimum absolute atomic E-state index is 0.267. The fourth-order valence-electron chi connectivity index (χ4n) is 3.54. The molecule has 0 spiro atoms. The van der Waals surface area contributed by atoms with Crippen LogP contribution in [0.4, 0.5) is 0 Å². The van der Waals surface area contributed by atoms with Gasteiger partial charge in [0.1, 0.15) is 0 Å². The summed E-state index contributed by atoms with van der Waals surface area (Å²) in [6.07, 6.45) is 3.92. The Morgan fingerprint density at radius 1 is 0.793 bits per heavy atom. The van der Waals surface area contributed by atoms with Crippen molar-refractivity contribution in [3.8, 4) is 0 Å². The Morgan fingerprint density at radius 3 is 1.59 bits per heavy atom. The van der Waals surface area contributed by atoms with Crippen LogP contribution in [0.15, 0.2) is 113 Å². The molecule has 2 nitrogen and oxygen atoms in total. The number of allylic oxidation sites excluding steroid dienone is 2. The number of rotatable bonds is 7. The number of esters is 1. The molecule has 0 saturated heterocycles. The van der Waals surface area contributed by atoms with Crippen molar-refractivity contribution in [1.29, 1.82) is 0 Å². The summed E-state index contributed by atoms with van der Waals surface area (Å²) < 4.78 is 11.6. The zero-order chi connectivity index (χ0) is 20.5. The zero-order valence-corrected chi connectivity index (χ0v) is 19.8. The van der Waals surface area contributed by atoms with E-state index in [1.54, 1.807) is 6.92 Å². The van der Waals surface area contributed by atoms with Crippen LogP contribution in [0.5, 0.6) is 0 Å². The molecule has 0 radical (unpaired) electrons. The second kappa shape index (κ2) is 10.3. The van der Waals surface area contributed by atoms with Crippen molar-refractivity contribution in [2.45, 2.75) is 13.8 Å². The average molecular weight is 489 g/mol. The third-order valence-corrected chi connectivity index (χ3v) is 17.6. The van der Waals surface area contributed by atoms with E-state index in [9.17, 15) is 4.79 Å². The molecule has 0 aliphatic rings. The number of carbonyl (C=O) groups excluding carboxylic acids is 1. The van der Waals surface area contributed by atoms with E-state index in [-0.39, 0.29) is 5.97 Å². The summed E-state index contributed by atoms with van der Waals surface area (Å²) in [7, 11) is 0. The standard InChI is InChI=1S/C8H11O2.3C6H5.Sn/c1-4-6-7(3)8(9)10-5-2;3*1-2-4-6-5-3-1;/h1,4,6H,5H2,2-3H3;3*1-5H;/b4-1?,7-6+;;;;. The van der Waals surface area contributed by atoms with E-state index in [1.807, 2.05) is 13.0 Å². The van der Waals surface area contributed by atoms with Gasteiger partial charge in [-0.2, -0.15) is 0 Å². The first kappa shape index (κ1) is 21.1. The molecule has 3 heteroatoms. The van der Waals surface area contributed by atoms with E-state index in [4.69, 9.17) is 4.74 Å². The van der Waals surface area contributed by atoms with E-state index >= 15 is 0 Å². The number of hydrogen-bond donors (Lipinski definition) is 0. The molecular weight excluding hydrogens is 463 g/mol. The molecule has 3 rings (SSSR count). The molecule has 29 heavy (non-hydrogen) atoms. The Kier molecular flexibility index (Phi) is 7.48. The van der Waals surface area contributed by atoms with Crippen LogP contribution in [0.3, 0.4) is 0 Å². The van der Waals surface area contributed by atoms with Crippen molar-refractivity contribution < 1.29 is 9.53 Å². The van der Waals surface area contributed by atoms with Gasteiger partial charge in [-0.3, -0.25) is 0 Å². The first-order valence-corrected chi connectivity index (χ1v) is 15.8. The Hall–Kier alpha value is -2.59. The van der Waals surface area contributed by atoms with Gasteiger partial charge >= 0.3 is 178 Å². The fraction of sp³-hybridized carbons (Fsp3) is 0.115. The van der Waals surface area contributed by atoms with Crippen molar-refractivity contribution in [3.05, 3.63) is 113 Å². The molecule has 3 aromatic rings. The Balaban J connectivity index is 2.19. The van der Waals surface area contributed by atoms with Gasteiger partial charge in [-0.1, -0.05) is 0 Å². The molecule has 0 saturated carbocycles. The SMILES string of the molecule is CCOC(=O)/C(C)=C/C=[CH]\[Sn]([c]1ccccc1)([c]1ccccc1)[c]1ccccc1. The molecule has 0 bridgehead atoms. The summed E-state index contributed by atoms with van der Waals surface area (Å²) in [6, 6.07) is 32.3. The monoisotopic (exact) mass is 490 g/mol. The van der Waals surface area contributed by atoms with Gasteiger partial charge < -0.3 is 0 Å². The van der Waals surface area contributed by atoms with E-state index in [0.717, 1.165) is 0 Å². The summed E-state index contributed by atoms with van der Waals surface area (Å²) in [5.41, 5.74) is 0.609. The molecule has 0 aliphatic heterocycles. The Bertz CT molecular complexity index is 880. The van der Waals surface area contributed by atoms with Gasteiger partial charge in [0.15, 0.2) is 0 Å². The van der Waals surface area contributed by atoms with E-state index in [2.05, 4.69) is 101 Å². The molecule has 0 aromatic heterocycles. The van der Waals surface area contributed by atoms with Crippen molar-refractivity contribution >= 4 is 35.1 Å². The second-order valence-corrected chi connectivity index (χ2v) is 17.3. The molecule has 0 fully saturated rings. The quantitative estimate of drug-likeness (QED) is 0.219. The van der Waals surface area contributed by atoms with Crippen molar-refractivity contribution in [2.75, 3.05) is 6.61 Å². The molecule has 0 atom stereocenters. The molecule has 146 valence electrons. The van der Waals surface area contributed by atoms with Crippen LogP contribution in [-0.4, -0.2) is 31.0 Å². The summed E-state index contributed by atoms with van der Waals surface area (Å²) in [4.78, 5) is 12.0. The van der Waals surface area contributed by atoms with Crippen LogP contribution in [0.1, 0.15) is 13.8 Å². The molecule has 3 aromatic carbocycles. The summed E-state index contributed by atoms with van der Waals surface area (Å²) in [5, 5.41) is 0. The molecule has 0 N–H and O–H groups in total. The average Bonchev–Trinajstić information content (AvgIpc) is 2.78. The van der Waals surface area contributed by atoms with Crippen LogP contribution >= 0.6 is 0 Å². The first-order chi connectivity index (χ1) is 14.2. The van der Waals surface area contributed by atoms with Gasteiger partial charge in [-0.25, -0.2) is 0 Å². The Morgan fingerprint density at radius 2 is 1.21 bits per heavy atom. The molecule has 0 amide bonds. The van der Waals surface area contributed by atoms with E-state index < -0.39 is 18.4 Å². The van der Waals surface area contributed by atoms with Gasteiger partial charge in [-0.15, -0.1) is 0 Å². The summed E-state index contributed by atoms with van der Waals surface area (Å²) >= 11 is -3.42. The number of hydrogen-bond acceptors (Lipinski definition) is 2. The van der Waals surface area contributed by atoms with Gasteiger partial charge in [0.05, 0.1) is 0 Å². The third kappa shape index (κ3) is 4.88. The van der Waals surface area contributed by atoms with Gasteiger partial charge in [0.2, 0.25) is 0 Å². The maximum absolute atomic E-state index is 12.0. The van der Waals surface area contributed by atoms with Crippen molar-refractivity contribution in [1.82, 2.24) is 0 Å². The van der Waals surface area contributed by atoms with Crippen LogP contribution in [-0.2, 0) is 9.53 Å². The number of carbonyl (C=O) groups is 1. The number of ether oxygens (including phenoxy) is 1. The predicted octanol–water partition coefficient (Wildman–Crippen LogP) is 3.76. The topological polar surface area (TPSA) is 26.3 Å². The molecule has 0 heterocycles. The van der Waals surface area contributed by atoms with E-state index in [1.165, 1.54) is 10.7 Å². The zero-order valence-electron chi connectivity index (χ0n) is 16.9. The van der Waals surface area contributed by atoms with Crippen molar-refractivity contribution in [2.24, 2.45) is 0 Å². The molecule has 0 unspecified atom stereocenters. The number of benzene rings is 3. The summed E-state index contributed by atoms with van der Waals surface area (Å²) in [5.74, 6) is -0.267. The van der Waals surface area contributed by atoms with Crippen LogP contribution < -0.4 is 10.7 Å².